The zero-order valence-electron chi connectivity index (χ0n) is 13.7. The molecule has 25 heavy (non-hydrogen) atoms. The molecule has 0 radical (unpaired) electrons. The molecule has 0 saturated heterocycles. The average Bonchev–Trinajstić information content (AvgIpc) is 3.09. The zero-order valence-corrected chi connectivity index (χ0v) is 13.7. The third-order valence-electron chi connectivity index (χ3n) is 4.08. The predicted octanol–water partition coefficient (Wildman–Crippen LogP) is 3.42. The van der Waals surface area contributed by atoms with Gasteiger partial charge in [0, 0.05) is 36.4 Å². The van der Waals surface area contributed by atoms with Crippen LogP contribution in [0.5, 0.6) is 5.75 Å². The second kappa shape index (κ2) is 6.24. The van der Waals surface area contributed by atoms with Gasteiger partial charge in [-0.15, -0.1) is 0 Å². The molecule has 0 atom stereocenters. The average molecular weight is 331 g/mol. The van der Waals surface area contributed by atoms with Crippen molar-refractivity contribution in [3.05, 3.63) is 72.4 Å². The van der Waals surface area contributed by atoms with Crippen molar-refractivity contribution in [1.29, 1.82) is 0 Å². The number of pyridine rings is 1. The summed E-state index contributed by atoms with van der Waals surface area (Å²) in [4.78, 5) is 13.1. The van der Waals surface area contributed by atoms with Gasteiger partial charge in [0.05, 0.1) is 11.9 Å². The van der Waals surface area contributed by atoms with Crippen LogP contribution >= 0.6 is 0 Å². The summed E-state index contributed by atoms with van der Waals surface area (Å²) >= 11 is 0. The highest BCUT2D eigenvalue weighted by Crippen LogP contribution is 2.26. The van der Waals surface area contributed by atoms with Gasteiger partial charge >= 0.3 is 0 Å². The van der Waals surface area contributed by atoms with Crippen molar-refractivity contribution in [1.82, 2.24) is 19.4 Å². The number of phenols is 1. The highest BCUT2D eigenvalue weighted by Gasteiger charge is 2.12. The Morgan fingerprint density at radius 3 is 2.52 bits per heavy atom. The van der Waals surface area contributed by atoms with E-state index in [1.807, 2.05) is 43.6 Å². The molecule has 4 rings (SSSR count). The van der Waals surface area contributed by atoms with Crippen molar-refractivity contribution in [3.8, 4) is 17.0 Å². The van der Waals surface area contributed by atoms with Crippen LogP contribution in [0.15, 0.2) is 61.2 Å². The van der Waals surface area contributed by atoms with E-state index in [2.05, 4.69) is 24.7 Å². The maximum Gasteiger partial charge on any atom is 0.180 e. The molecule has 0 fully saturated rings. The van der Waals surface area contributed by atoms with Crippen molar-refractivity contribution < 1.29 is 5.11 Å². The second-order valence-corrected chi connectivity index (χ2v) is 5.81. The van der Waals surface area contributed by atoms with Gasteiger partial charge in [0.1, 0.15) is 5.75 Å². The first-order chi connectivity index (χ1) is 12.2. The van der Waals surface area contributed by atoms with E-state index in [1.54, 1.807) is 24.5 Å². The first-order valence-corrected chi connectivity index (χ1v) is 7.97. The van der Waals surface area contributed by atoms with Gasteiger partial charge in [-0.05, 0) is 48.9 Å². The molecule has 0 saturated carbocycles. The van der Waals surface area contributed by atoms with Crippen LogP contribution in [0, 0.1) is 6.92 Å². The van der Waals surface area contributed by atoms with E-state index in [0.717, 1.165) is 34.0 Å². The molecule has 0 aliphatic rings. The molecule has 1 aromatic carbocycles. The van der Waals surface area contributed by atoms with Crippen LogP contribution in [0.4, 0.5) is 5.82 Å². The summed E-state index contributed by atoms with van der Waals surface area (Å²) in [5.41, 5.74) is 4.84. The van der Waals surface area contributed by atoms with Crippen LogP contribution in [0.3, 0.4) is 0 Å². The first kappa shape index (κ1) is 15.1. The lowest BCUT2D eigenvalue weighted by Gasteiger charge is -2.10. The Morgan fingerprint density at radius 1 is 1.00 bits per heavy atom. The molecule has 0 amide bonds. The summed E-state index contributed by atoms with van der Waals surface area (Å²) in [5, 5.41) is 12.8. The molecular weight excluding hydrogens is 314 g/mol. The Balaban J connectivity index is 1.73. The number of aromatic nitrogens is 4. The molecule has 0 aliphatic carbocycles. The van der Waals surface area contributed by atoms with E-state index in [1.165, 1.54) is 0 Å². The smallest absolute Gasteiger partial charge is 0.180 e. The Kier molecular flexibility index (Phi) is 3.78. The summed E-state index contributed by atoms with van der Waals surface area (Å²) in [7, 11) is 0. The maximum atomic E-state index is 9.50. The van der Waals surface area contributed by atoms with Crippen LogP contribution in [-0.2, 0) is 6.54 Å². The van der Waals surface area contributed by atoms with E-state index in [0.29, 0.717) is 6.54 Å². The topological polar surface area (TPSA) is 75.3 Å². The Bertz CT molecular complexity index is 1010. The molecule has 0 aliphatic heterocycles. The number of benzene rings is 1. The summed E-state index contributed by atoms with van der Waals surface area (Å²) in [6.07, 6.45) is 7.20. The summed E-state index contributed by atoms with van der Waals surface area (Å²) in [5.74, 6) is 0.975. The van der Waals surface area contributed by atoms with E-state index >= 15 is 0 Å². The van der Waals surface area contributed by atoms with Gasteiger partial charge in [-0.25, -0.2) is 9.97 Å². The van der Waals surface area contributed by atoms with Crippen molar-refractivity contribution in [3.63, 3.8) is 0 Å². The molecule has 124 valence electrons. The highest BCUT2D eigenvalue weighted by atomic mass is 16.3. The van der Waals surface area contributed by atoms with Gasteiger partial charge in [0.2, 0.25) is 0 Å². The number of phenolic OH excluding ortho intramolecular Hbond substituents is 1. The Hall–Kier alpha value is -3.41. The fourth-order valence-corrected chi connectivity index (χ4v) is 2.80. The molecule has 0 spiro atoms. The van der Waals surface area contributed by atoms with E-state index < -0.39 is 0 Å². The predicted molar refractivity (Wildman–Crippen MR) is 96.4 cm³/mol. The standard InChI is InChI=1S/C19H17N5O/c1-13-10-21-18(22-11-14-6-8-20-9-7-14)19-23-12-17(24(13)19)15-2-4-16(25)5-3-15/h2-10,12,25H,11H2,1H3,(H,21,22). The van der Waals surface area contributed by atoms with Crippen molar-refractivity contribution in [2.75, 3.05) is 5.32 Å². The van der Waals surface area contributed by atoms with Crippen LogP contribution in [0.2, 0.25) is 0 Å². The number of anilines is 1. The number of imidazole rings is 1. The minimum Gasteiger partial charge on any atom is -0.508 e. The fourth-order valence-electron chi connectivity index (χ4n) is 2.80. The monoisotopic (exact) mass is 331 g/mol. The molecule has 6 nitrogen and oxygen atoms in total. The molecule has 3 aromatic heterocycles. The third kappa shape index (κ3) is 2.89. The zero-order chi connectivity index (χ0) is 17.2. The minimum atomic E-state index is 0.246. The molecule has 3 heterocycles. The largest absolute Gasteiger partial charge is 0.508 e. The van der Waals surface area contributed by atoms with E-state index in [4.69, 9.17) is 0 Å². The second-order valence-electron chi connectivity index (χ2n) is 5.81. The van der Waals surface area contributed by atoms with Crippen molar-refractivity contribution in [2.24, 2.45) is 0 Å². The Labute approximate surface area is 144 Å². The number of rotatable bonds is 4. The van der Waals surface area contributed by atoms with E-state index in [-0.39, 0.29) is 5.75 Å². The maximum absolute atomic E-state index is 9.50. The van der Waals surface area contributed by atoms with Gasteiger partial charge in [-0.2, -0.15) is 0 Å². The number of hydrogen-bond donors (Lipinski definition) is 2. The van der Waals surface area contributed by atoms with Crippen molar-refractivity contribution in [2.45, 2.75) is 13.5 Å². The highest BCUT2D eigenvalue weighted by molar-refractivity contribution is 5.71. The normalized spacial score (nSPS) is 10.9. The van der Waals surface area contributed by atoms with Gasteiger partial charge in [0.25, 0.3) is 0 Å². The molecule has 4 aromatic rings. The first-order valence-electron chi connectivity index (χ1n) is 7.97. The van der Waals surface area contributed by atoms with Crippen LogP contribution in [0.1, 0.15) is 11.3 Å². The minimum absolute atomic E-state index is 0.246. The van der Waals surface area contributed by atoms with Crippen LogP contribution in [0.25, 0.3) is 16.9 Å². The fraction of sp³-hybridized carbons (Fsp3) is 0.105. The molecule has 2 N–H and O–H groups in total. The van der Waals surface area contributed by atoms with Crippen LogP contribution < -0.4 is 5.32 Å². The number of nitrogens with zero attached hydrogens (tertiary/aromatic N) is 4. The van der Waals surface area contributed by atoms with Gasteiger partial charge in [-0.1, -0.05) is 0 Å². The quantitative estimate of drug-likeness (QED) is 0.599. The molecule has 0 bridgehead atoms. The van der Waals surface area contributed by atoms with Crippen molar-refractivity contribution >= 4 is 11.5 Å². The number of aromatic hydroxyl groups is 1. The number of nitrogens with one attached hydrogen (secondary N) is 1. The van der Waals surface area contributed by atoms with Gasteiger partial charge in [0.15, 0.2) is 11.5 Å². The Morgan fingerprint density at radius 2 is 1.76 bits per heavy atom. The summed E-state index contributed by atoms with van der Waals surface area (Å²) < 4.78 is 2.06. The molecule has 0 unspecified atom stereocenters. The molecular formula is C19H17N5O. The van der Waals surface area contributed by atoms with E-state index in [9.17, 15) is 5.11 Å². The summed E-state index contributed by atoms with van der Waals surface area (Å²) in [6, 6.07) is 11.0. The lowest BCUT2D eigenvalue weighted by Crippen LogP contribution is -2.05. The van der Waals surface area contributed by atoms with Gasteiger partial charge in [-0.3, -0.25) is 9.38 Å². The summed E-state index contributed by atoms with van der Waals surface area (Å²) in [6.45, 7) is 2.65. The number of hydrogen-bond acceptors (Lipinski definition) is 5. The third-order valence-corrected chi connectivity index (χ3v) is 4.08. The lowest BCUT2D eigenvalue weighted by atomic mass is 10.1. The van der Waals surface area contributed by atoms with Gasteiger partial charge < -0.3 is 10.4 Å². The lowest BCUT2D eigenvalue weighted by molar-refractivity contribution is 0.475. The SMILES string of the molecule is Cc1cnc(NCc2ccncc2)c2ncc(-c3ccc(O)cc3)n12. The van der Waals surface area contributed by atoms with Crippen LogP contribution in [-0.4, -0.2) is 24.5 Å². The number of aryl methyl sites for hydroxylation is 1. The number of fused-ring (bicyclic) bond motifs is 1. The molecule has 6 heteroatoms.